The van der Waals surface area contributed by atoms with Gasteiger partial charge in [0.2, 0.25) is 0 Å². The number of aryl methyl sites for hydroxylation is 1. The van der Waals surface area contributed by atoms with Crippen molar-refractivity contribution in [2.45, 2.75) is 38.0 Å². The van der Waals surface area contributed by atoms with Gasteiger partial charge in [-0.05, 0) is 36.8 Å². The smallest absolute Gasteiger partial charge is 0.154 e. The molecule has 3 nitrogen and oxygen atoms in total. The number of nitrogens with zero attached hydrogens (tertiary/aromatic N) is 3. The van der Waals surface area contributed by atoms with Gasteiger partial charge in [-0.25, -0.2) is 9.50 Å². The number of fused-ring (bicyclic) bond motifs is 1. The molecule has 1 fully saturated rings. The molecule has 0 radical (unpaired) electrons. The minimum Gasteiger partial charge on any atom is -0.230 e. The molecule has 0 bridgehead atoms. The van der Waals surface area contributed by atoms with Gasteiger partial charge in [-0.15, -0.1) is 11.6 Å². The highest BCUT2D eigenvalue weighted by Crippen LogP contribution is 2.39. The molecule has 2 aromatic rings. The standard InChI is InChI=1S/C12H14ClN3/c1-2-11-10(6-13)15-12-5-9(8-3-4-8)7-14-16(11)12/h5,7-8H,2-4,6H2,1H3. The normalized spacial score (nSPS) is 15.9. The summed E-state index contributed by atoms with van der Waals surface area (Å²) in [6.45, 7) is 2.11. The van der Waals surface area contributed by atoms with Crippen molar-refractivity contribution in [3.05, 3.63) is 29.2 Å². The maximum Gasteiger partial charge on any atom is 0.154 e. The average Bonchev–Trinajstić information content (AvgIpc) is 3.09. The van der Waals surface area contributed by atoms with Gasteiger partial charge in [0.25, 0.3) is 0 Å². The van der Waals surface area contributed by atoms with E-state index in [1.54, 1.807) is 0 Å². The zero-order valence-corrected chi connectivity index (χ0v) is 10.0. The second-order valence-electron chi connectivity index (χ2n) is 4.33. The Morgan fingerprint density at radius 1 is 1.50 bits per heavy atom. The highest BCUT2D eigenvalue weighted by molar-refractivity contribution is 6.17. The Morgan fingerprint density at radius 3 is 2.94 bits per heavy atom. The van der Waals surface area contributed by atoms with E-state index >= 15 is 0 Å². The Morgan fingerprint density at radius 2 is 2.31 bits per heavy atom. The quantitative estimate of drug-likeness (QED) is 0.766. The van der Waals surface area contributed by atoms with Crippen LogP contribution in [0.4, 0.5) is 0 Å². The molecule has 0 atom stereocenters. The monoisotopic (exact) mass is 235 g/mol. The van der Waals surface area contributed by atoms with Crippen molar-refractivity contribution in [1.82, 2.24) is 14.6 Å². The summed E-state index contributed by atoms with van der Waals surface area (Å²) < 4.78 is 1.92. The van der Waals surface area contributed by atoms with Gasteiger partial charge in [-0.1, -0.05) is 6.92 Å². The predicted octanol–water partition coefficient (Wildman–Crippen LogP) is 2.91. The molecule has 0 aromatic carbocycles. The van der Waals surface area contributed by atoms with Gasteiger partial charge < -0.3 is 0 Å². The average molecular weight is 236 g/mol. The van der Waals surface area contributed by atoms with Crippen LogP contribution in [0.25, 0.3) is 5.65 Å². The van der Waals surface area contributed by atoms with E-state index in [1.165, 1.54) is 18.4 Å². The molecule has 0 aliphatic heterocycles. The third kappa shape index (κ3) is 1.50. The number of aromatic nitrogens is 3. The number of imidazole rings is 1. The number of rotatable bonds is 3. The molecule has 1 saturated carbocycles. The lowest BCUT2D eigenvalue weighted by molar-refractivity contribution is 0.840. The van der Waals surface area contributed by atoms with Crippen LogP contribution in [0.15, 0.2) is 12.3 Å². The summed E-state index contributed by atoms with van der Waals surface area (Å²) in [5, 5.41) is 4.48. The molecule has 1 aliphatic rings. The summed E-state index contributed by atoms with van der Waals surface area (Å²) in [5.41, 5.74) is 4.36. The lowest BCUT2D eigenvalue weighted by Crippen LogP contribution is -1.98. The SMILES string of the molecule is CCc1c(CCl)nc2cc(C3CC3)cnn12. The highest BCUT2D eigenvalue weighted by atomic mass is 35.5. The van der Waals surface area contributed by atoms with Gasteiger partial charge in [0.1, 0.15) is 0 Å². The van der Waals surface area contributed by atoms with Crippen molar-refractivity contribution in [2.75, 3.05) is 0 Å². The summed E-state index contributed by atoms with van der Waals surface area (Å²) in [7, 11) is 0. The topological polar surface area (TPSA) is 30.2 Å². The molecule has 0 amide bonds. The van der Waals surface area contributed by atoms with Gasteiger partial charge in [0, 0.05) is 0 Å². The Bertz CT molecular complexity index is 528. The molecule has 3 rings (SSSR count). The van der Waals surface area contributed by atoms with E-state index < -0.39 is 0 Å². The number of hydrogen-bond acceptors (Lipinski definition) is 2. The number of halogens is 1. The third-order valence-corrected chi connectivity index (χ3v) is 3.44. The van der Waals surface area contributed by atoms with Crippen LogP contribution in [0, 0.1) is 0 Å². The Labute approximate surface area is 99.4 Å². The Hall–Kier alpha value is -1.09. The van der Waals surface area contributed by atoms with E-state index in [-0.39, 0.29) is 0 Å². The molecular formula is C12H14ClN3. The van der Waals surface area contributed by atoms with Crippen molar-refractivity contribution in [3.8, 4) is 0 Å². The lowest BCUT2D eigenvalue weighted by atomic mass is 10.2. The first-order chi connectivity index (χ1) is 7.83. The van der Waals surface area contributed by atoms with Crippen molar-refractivity contribution in [2.24, 2.45) is 0 Å². The van der Waals surface area contributed by atoms with Crippen LogP contribution >= 0.6 is 11.6 Å². The predicted molar refractivity (Wildman–Crippen MR) is 63.9 cm³/mol. The molecule has 2 heterocycles. The molecule has 0 unspecified atom stereocenters. The van der Waals surface area contributed by atoms with E-state index in [9.17, 15) is 0 Å². The molecule has 16 heavy (non-hydrogen) atoms. The summed E-state index contributed by atoms with van der Waals surface area (Å²) in [4.78, 5) is 4.54. The van der Waals surface area contributed by atoms with Gasteiger partial charge in [-0.3, -0.25) is 0 Å². The fraction of sp³-hybridized carbons (Fsp3) is 0.500. The van der Waals surface area contributed by atoms with Crippen LogP contribution in [0.3, 0.4) is 0 Å². The first kappa shape index (κ1) is 10.1. The zero-order chi connectivity index (χ0) is 11.1. The fourth-order valence-corrected chi connectivity index (χ4v) is 2.36. The highest BCUT2D eigenvalue weighted by Gasteiger charge is 2.24. The van der Waals surface area contributed by atoms with E-state index in [1.807, 2.05) is 10.7 Å². The number of alkyl halides is 1. The Kier molecular flexibility index (Phi) is 2.36. The van der Waals surface area contributed by atoms with Gasteiger partial charge in [0.05, 0.1) is 23.5 Å². The molecule has 1 aliphatic carbocycles. The molecule has 2 aromatic heterocycles. The van der Waals surface area contributed by atoms with E-state index in [0.717, 1.165) is 29.4 Å². The van der Waals surface area contributed by atoms with E-state index in [2.05, 4.69) is 23.1 Å². The molecule has 4 heteroatoms. The van der Waals surface area contributed by atoms with Gasteiger partial charge in [0.15, 0.2) is 5.65 Å². The fourth-order valence-electron chi connectivity index (χ4n) is 2.14. The summed E-state index contributed by atoms with van der Waals surface area (Å²) in [6, 6.07) is 2.15. The first-order valence-electron chi connectivity index (χ1n) is 5.76. The Balaban J connectivity index is 2.16. The maximum absolute atomic E-state index is 5.89. The molecule has 0 N–H and O–H groups in total. The number of hydrogen-bond donors (Lipinski definition) is 0. The lowest BCUT2D eigenvalue weighted by Gasteiger charge is -2.00. The summed E-state index contributed by atoms with van der Waals surface area (Å²) in [5.74, 6) is 1.18. The summed E-state index contributed by atoms with van der Waals surface area (Å²) >= 11 is 5.89. The van der Waals surface area contributed by atoms with Crippen molar-refractivity contribution in [3.63, 3.8) is 0 Å². The van der Waals surface area contributed by atoms with Crippen LogP contribution < -0.4 is 0 Å². The van der Waals surface area contributed by atoms with Gasteiger partial charge in [-0.2, -0.15) is 5.10 Å². The maximum atomic E-state index is 5.89. The van der Waals surface area contributed by atoms with Crippen LogP contribution in [0.1, 0.15) is 42.6 Å². The van der Waals surface area contributed by atoms with Crippen LogP contribution in [0.2, 0.25) is 0 Å². The second kappa shape index (κ2) is 3.74. The molecular weight excluding hydrogens is 222 g/mol. The van der Waals surface area contributed by atoms with Gasteiger partial charge >= 0.3 is 0 Å². The van der Waals surface area contributed by atoms with E-state index in [4.69, 9.17) is 11.6 Å². The van der Waals surface area contributed by atoms with Crippen LogP contribution in [-0.4, -0.2) is 14.6 Å². The largest absolute Gasteiger partial charge is 0.230 e. The van der Waals surface area contributed by atoms with Crippen LogP contribution in [0.5, 0.6) is 0 Å². The molecule has 84 valence electrons. The molecule has 0 saturated heterocycles. The van der Waals surface area contributed by atoms with Crippen molar-refractivity contribution < 1.29 is 0 Å². The zero-order valence-electron chi connectivity index (χ0n) is 9.28. The van der Waals surface area contributed by atoms with E-state index in [0.29, 0.717) is 5.88 Å². The summed E-state index contributed by atoms with van der Waals surface area (Å²) in [6.07, 6.45) is 5.48. The minimum absolute atomic E-state index is 0.464. The second-order valence-corrected chi connectivity index (χ2v) is 4.59. The van der Waals surface area contributed by atoms with Crippen molar-refractivity contribution >= 4 is 17.2 Å². The van der Waals surface area contributed by atoms with Crippen molar-refractivity contribution in [1.29, 1.82) is 0 Å². The third-order valence-electron chi connectivity index (χ3n) is 3.18. The van der Waals surface area contributed by atoms with Crippen LogP contribution in [-0.2, 0) is 12.3 Å². The first-order valence-corrected chi connectivity index (χ1v) is 6.29. The molecule has 0 spiro atoms. The minimum atomic E-state index is 0.464.